The van der Waals surface area contributed by atoms with Gasteiger partial charge in [0, 0.05) is 25.4 Å². The molecule has 0 aliphatic heterocycles. The van der Waals surface area contributed by atoms with E-state index in [1.807, 2.05) is 18.0 Å². The van der Waals surface area contributed by atoms with Gasteiger partial charge in [-0.3, -0.25) is 14.5 Å². The largest absolute Gasteiger partial charge is 0.468 e. The number of esters is 1. The van der Waals surface area contributed by atoms with E-state index in [2.05, 4.69) is 4.74 Å². The molecule has 0 aromatic carbocycles. The first-order valence-electron chi connectivity index (χ1n) is 5.04. The predicted octanol–water partition coefficient (Wildman–Crippen LogP) is -0.0469. The topological polar surface area (TPSA) is 51.5 Å². The van der Waals surface area contributed by atoms with Crippen LogP contribution in [0.4, 0.5) is 0 Å². The fraction of sp³-hybridized carbons (Fsp3) is 0.455. The monoisotopic (exact) mass is 224 g/mol. The molecule has 1 rings (SSSR count). The van der Waals surface area contributed by atoms with Crippen LogP contribution >= 0.6 is 0 Å². The normalized spacial score (nSPS) is 10.4. The van der Waals surface area contributed by atoms with Gasteiger partial charge >= 0.3 is 5.97 Å². The van der Waals surface area contributed by atoms with Crippen LogP contribution in [0.15, 0.2) is 29.2 Å². The van der Waals surface area contributed by atoms with E-state index in [9.17, 15) is 9.59 Å². The average Bonchev–Trinajstić information content (AvgIpc) is 2.28. The van der Waals surface area contributed by atoms with Crippen LogP contribution in [-0.4, -0.2) is 42.7 Å². The zero-order chi connectivity index (χ0) is 12.0. The number of hydrogen-bond acceptors (Lipinski definition) is 4. The van der Waals surface area contributed by atoms with Crippen LogP contribution < -0.4 is 5.56 Å². The maximum absolute atomic E-state index is 11.4. The fourth-order valence-electron chi connectivity index (χ4n) is 1.29. The quantitative estimate of drug-likeness (QED) is 0.658. The van der Waals surface area contributed by atoms with Crippen LogP contribution in [0.25, 0.3) is 0 Å². The highest BCUT2D eigenvalue weighted by atomic mass is 16.5. The molecule has 0 spiro atoms. The Bertz CT molecular complexity index is 400. The lowest BCUT2D eigenvalue weighted by Crippen LogP contribution is -2.32. The van der Waals surface area contributed by atoms with E-state index in [1.54, 1.807) is 16.8 Å². The third-order valence-corrected chi connectivity index (χ3v) is 2.25. The summed E-state index contributed by atoms with van der Waals surface area (Å²) in [7, 11) is 3.17. The van der Waals surface area contributed by atoms with Crippen molar-refractivity contribution in [2.24, 2.45) is 0 Å². The van der Waals surface area contributed by atoms with Crippen LogP contribution in [0.5, 0.6) is 0 Å². The lowest BCUT2D eigenvalue weighted by molar-refractivity contribution is -0.141. The molecule has 1 aromatic rings. The second-order valence-electron chi connectivity index (χ2n) is 3.55. The van der Waals surface area contributed by atoms with Crippen LogP contribution in [0.2, 0.25) is 0 Å². The minimum absolute atomic E-state index is 0.0334. The maximum atomic E-state index is 11.4. The number of pyridine rings is 1. The van der Waals surface area contributed by atoms with E-state index in [0.717, 1.165) is 0 Å². The zero-order valence-corrected chi connectivity index (χ0v) is 9.55. The molecule has 0 fully saturated rings. The number of hydrogen-bond donors (Lipinski definition) is 0. The molecule has 5 nitrogen and oxygen atoms in total. The molecule has 1 heterocycles. The van der Waals surface area contributed by atoms with Crippen molar-refractivity contribution < 1.29 is 9.53 Å². The lowest BCUT2D eigenvalue weighted by atomic mass is 10.4. The van der Waals surface area contributed by atoms with E-state index in [4.69, 9.17) is 0 Å². The van der Waals surface area contributed by atoms with Crippen molar-refractivity contribution in [3.63, 3.8) is 0 Å². The maximum Gasteiger partial charge on any atom is 0.319 e. The molecule has 0 aliphatic carbocycles. The average molecular weight is 224 g/mol. The van der Waals surface area contributed by atoms with E-state index in [1.165, 1.54) is 13.2 Å². The number of aromatic nitrogens is 1. The molecule has 0 unspecified atom stereocenters. The van der Waals surface area contributed by atoms with Crippen molar-refractivity contribution in [1.82, 2.24) is 9.47 Å². The summed E-state index contributed by atoms with van der Waals surface area (Å²) in [5.41, 5.74) is -0.0334. The van der Waals surface area contributed by atoms with Gasteiger partial charge in [-0.25, -0.2) is 0 Å². The molecule has 0 saturated heterocycles. The smallest absolute Gasteiger partial charge is 0.319 e. The van der Waals surface area contributed by atoms with Gasteiger partial charge in [0.15, 0.2) is 0 Å². The Labute approximate surface area is 94.2 Å². The molecular weight excluding hydrogens is 208 g/mol. The Morgan fingerprint density at radius 1 is 1.50 bits per heavy atom. The first-order chi connectivity index (χ1) is 7.63. The molecule has 88 valence electrons. The van der Waals surface area contributed by atoms with Crippen molar-refractivity contribution in [2.45, 2.75) is 6.54 Å². The highest BCUT2D eigenvalue weighted by Gasteiger charge is 2.05. The lowest BCUT2D eigenvalue weighted by Gasteiger charge is -2.15. The van der Waals surface area contributed by atoms with Crippen LogP contribution in [0, 0.1) is 0 Å². The molecular formula is C11H16N2O3. The van der Waals surface area contributed by atoms with Crippen LogP contribution in [0.1, 0.15) is 0 Å². The minimum atomic E-state index is -0.275. The molecule has 1 aromatic heterocycles. The molecule has 0 atom stereocenters. The number of carbonyl (C=O) groups is 1. The van der Waals surface area contributed by atoms with Gasteiger partial charge in [-0.1, -0.05) is 6.07 Å². The van der Waals surface area contributed by atoms with E-state index in [-0.39, 0.29) is 18.1 Å². The van der Waals surface area contributed by atoms with Crippen molar-refractivity contribution in [3.05, 3.63) is 34.7 Å². The molecule has 0 aliphatic rings. The molecule has 0 saturated carbocycles. The third-order valence-electron chi connectivity index (χ3n) is 2.25. The van der Waals surface area contributed by atoms with Crippen molar-refractivity contribution in [1.29, 1.82) is 0 Å². The van der Waals surface area contributed by atoms with Gasteiger partial charge in [0.2, 0.25) is 0 Å². The van der Waals surface area contributed by atoms with E-state index >= 15 is 0 Å². The summed E-state index contributed by atoms with van der Waals surface area (Å²) in [5.74, 6) is -0.275. The number of carbonyl (C=O) groups excluding carboxylic acids is 1. The summed E-state index contributed by atoms with van der Waals surface area (Å²) < 4.78 is 6.15. The second-order valence-corrected chi connectivity index (χ2v) is 3.55. The van der Waals surface area contributed by atoms with E-state index in [0.29, 0.717) is 13.1 Å². The van der Waals surface area contributed by atoms with Crippen molar-refractivity contribution in [3.8, 4) is 0 Å². The SMILES string of the molecule is COC(=O)CN(C)CCn1ccccc1=O. The highest BCUT2D eigenvalue weighted by Crippen LogP contribution is 1.88. The summed E-state index contributed by atoms with van der Waals surface area (Å²) in [4.78, 5) is 24.1. The Balaban J connectivity index is 2.43. The number of likely N-dealkylation sites (N-methyl/N-ethyl adjacent to an activating group) is 1. The molecule has 5 heteroatoms. The van der Waals surface area contributed by atoms with Gasteiger partial charge in [0.05, 0.1) is 13.7 Å². The second kappa shape index (κ2) is 6.07. The van der Waals surface area contributed by atoms with Crippen LogP contribution in [-0.2, 0) is 16.1 Å². The minimum Gasteiger partial charge on any atom is -0.468 e. The molecule has 0 amide bonds. The van der Waals surface area contributed by atoms with Crippen molar-refractivity contribution in [2.75, 3.05) is 27.2 Å². The molecule has 0 radical (unpaired) electrons. The first-order valence-corrected chi connectivity index (χ1v) is 5.04. The standard InChI is InChI=1S/C11H16N2O3/c1-12(9-11(15)16-2)7-8-13-6-4-3-5-10(13)14/h3-6H,7-9H2,1-2H3. The highest BCUT2D eigenvalue weighted by molar-refractivity contribution is 5.71. The Hall–Kier alpha value is -1.62. The molecule has 0 bridgehead atoms. The Kier molecular flexibility index (Phi) is 4.72. The predicted molar refractivity (Wildman–Crippen MR) is 60.2 cm³/mol. The van der Waals surface area contributed by atoms with Gasteiger partial charge in [0.1, 0.15) is 0 Å². The summed E-state index contributed by atoms with van der Waals surface area (Å²) in [6.07, 6.45) is 1.73. The fourth-order valence-corrected chi connectivity index (χ4v) is 1.29. The Morgan fingerprint density at radius 2 is 2.25 bits per heavy atom. The van der Waals surface area contributed by atoms with Gasteiger partial charge in [-0.15, -0.1) is 0 Å². The summed E-state index contributed by atoms with van der Waals surface area (Å²) in [5, 5.41) is 0. The Morgan fingerprint density at radius 3 is 2.88 bits per heavy atom. The van der Waals surface area contributed by atoms with Gasteiger partial charge in [-0.2, -0.15) is 0 Å². The van der Waals surface area contributed by atoms with Gasteiger partial charge in [0.25, 0.3) is 5.56 Å². The number of methoxy groups -OCH3 is 1. The first kappa shape index (κ1) is 12.4. The molecule has 0 N–H and O–H groups in total. The summed E-state index contributed by atoms with van der Waals surface area (Å²) >= 11 is 0. The number of nitrogens with zero attached hydrogens (tertiary/aromatic N) is 2. The van der Waals surface area contributed by atoms with Gasteiger partial charge < -0.3 is 9.30 Å². The molecule has 16 heavy (non-hydrogen) atoms. The number of rotatable bonds is 5. The number of ether oxygens (including phenoxy) is 1. The summed E-state index contributed by atoms with van der Waals surface area (Å²) in [6.45, 7) is 1.42. The third kappa shape index (κ3) is 3.86. The van der Waals surface area contributed by atoms with Crippen molar-refractivity contribution >= 4 is 5.97 Å². The summed E-state index contributed by atoms with van der Waals surface area (Å²) in [6, 6.07) is 5.03. The van der Waals surface area contributed by atoms with E-state index < -0.39 is 0 Å². The zero-order valence-electron chi connectivity index (χ0n) is 9.55. The van der Waals surface area contributed by atoms with Gasteiger partial charge in [-0.05, 0) is 13.1 Å². The van der Waals surface area contributed by atoms with Crippen LogP contribution in [0.3, 0.4) is 0 Å².